The second kappa shape index (κ2) is 4.59. The first-order valence-corrected chi connectivity index (χ1v) is 7.89. The number of nitrogens with zero attached hydrogens (tertiary/aromatic N) is 1. The molecule has 0 spiro atoms. The van der Waals surface area contributed by atoms with E-state index in [0.29, 0.717) is 11.9 Å². The standard InChI is InChI=1S/C17H22N2O/c1-11-17(20)19(15(12-7-8-12)13-9-10-13)16(18-11)14-5-3-2-4-6-14/h2-6,11-13,15-16,18H,7-10H2,1H3. The molecule has 3 fully saturated rings. The molecular weight excluding hydrogens is 248 g/mol. The Morgan fingerprint density at radius 2 is 1.70 bits per heavy atom. The predicted octanol–water partition coefficient (Wildman–Crippen LogP) is 2.69. The lowest BCUT2D eigenvalue weighted by atomic mass is 10.0. The van der Waals surface area contributed by atoms with Crippen molar-refractivity contribution in [1.29, 1.82) is 0 Å². The third-order valence-electron chi connectivity index (χ3n) is 4.96. The molecule has 4 rings (SSSR count). The molecule has 1 amide bonds. The van der Waals surface area contributed by atoms with Crippen LogP contribution in [0.1, 0.15) is 44.3 Å². The first-order chi connectivity index (χ1) is 9.75. The minimum Gasteiger partial charge on any atom is -0.318 e. The lowest BCUT2D eigenvalue weighted by Crippen LogP contribution is -2.42. The van der Waals surface area contributed by atoms with Gasteiger partial charge in [0.15, 0.2) is 0 Å². The molecule has 3 heteroatoms. The van der Waals surface area contributed by atoms with Gasteiger partial charge >= 0.3 is 0 Å². The van der Waals surface area contributed by atoms with E-state index >= 15 is 0 Å². The van der Waals surface area contributed by atoms with Gasteiger partial charge in [-0.05, 0) is 50.0 Å². The zero-order valence-electron chi connectivity index (χ0n) is 12.0. The van der Waals surface area contributed by atoms with Crippen molar-refractivity contribution in [3.8, 4) is 0 Å². The van der Waals surface area contributed by atoms with Crippen LogP contribution in [0, 0.1) is 11.8 Å². The first-order valence-electron chi connectivity index (χ1n) is 7.89. The molecule has 0 aromatic heterocycles. The molecule has 1 aromatic carbocycles. The summed E-state index contributed by atoms with van der Waals surface area (Å²) < 4.78 is 0. The number of amides is 1. The fourth-order valence-corrected chi connectivity index (χ4v) is 3.67. The third kappa shape index (κ3) is 2.05. The van der Waals surface area contributed by atoms with Crippen molar-refractivity contribution >= 4 is 5.91 Å². The topological polar surface area (TPSA) is 32.3 Å². The van der Waals surface area contributed by atoms with Crippen LogP contribution in [-0.4, -0.2) is 22.9 Å². The van der Waals surface area contributed by atoms with Gasteiger partial charge in [0, 0.05) is 6.04 Å². The molecule has 2 saturated carbocycles. The normalized spacial score (nSPS) is 30.3. The number of benzene rings is 1. The Morgan fingerprint density at radius 3 is 2.25 bits per heavy atom. The van der Waals surface area contributed by atoms with Crippen molar-refractivity contribution in [2.45, 2.75) is 50.9 Å². The van der Waals surface area contributed by atoms with E-state index in [1.165, 1.54) is 31.2 Å². The summed E-state index contributed by atoms with van der Waals surface area (Å²) >= 11 is 0. The van der Waals surface area contributed by atoms with Gasteiger partial charge in [0.2, 0.25) is 5.91 Å². The van der Waals surface area contributed by atoms with Gasteiger partial charge in [-0.15, -0.1) is 0 Å². The Morgan fingerprint density at radius 1 is 1.10 bits per heavy atom. The molecule has 1 saturated heterocycles. The van der Waals surface area contributed by atoms with Crippen LogP contribution in [0.15, 0.2) is 30.3 Å². The van der Waals surface area contributed by atoms with E-state index in [2.05, 4.69) is 34.5 Å². The fraction of sp³-hybridized carbons (Fsp3) is 0.588. The SMILES string of the molecule is CC1NC(c2ccccc2)N(C(C2CC2)C2CC2)C1=O. The molecule has 3 nitrogen and oxygen atoms in total. The lowest BCUT2D eigenvalue weighted by Gasteiger charge is -2.33. The summed E-state index contributed by atoms with van der Waals surface area (Å²) in [6.07, 6.45) is 5.30. The highest BCUT2D eigenvalue weighted by molar-refractivity contribution is 5.84. The number of rotatable bonds is 4. The van der Waals surface area contributed by atoms with Crippen molar-refractivity contribution in [2.24, 2.45) is 11.8 Å². The summed E-state index contributed by atoms with van der Waals surface area (Å²) in [5, 5.41) is 3.49. The second-order valence-corrected chi connectivity index (χ2v) is 6.61. The van der Waals surface area contributed by atoms with Crippen molar-refractivity contribution in [2.75, 3.05) is 0 Å². The summed E-state index contributed by atoms with van der Waals surface area (Å²) in [6.45, 7) is 2.00. The summed E-state index contributed by atoms with van der Waals surface area (Å²) in [5.41, 5.74) is 1.22. The Hall–Kier alpha value is -1.35. The molecule has 106 valence electrons. The van der Waals surface area contributed by atoms with Crippen molar-refractivity contribution in [3.63, 3.8) is 0 Å². The maximum atomic E-state index is 12.7. The Balaban J connectivity index is 1.68. The average molecular weight is 270 g/mol. The minimum atomic E-state index is -0.0554. The van der Waals surface area contributed by atoms with Crippen LogP contribution in [0.4, 0.5) is 0 Å². The Bertz CT molecular complexity index is 495. The van der Waals surface area contributed by atoms with Crippen LogP contribution in [0.5, 0.6) is 0 Å². The zero-order chi connectivity index (χ0) is 13.7. The van der Waals surface area contributed by atoms with Crippen LogP contribution in [0.2, 0.25) is 0 Å². The van der Waals surface area contributed by atoms with Gasteiger partial charge in [-0.1, -0.05) is 30.3 Å². The molecule has 20 heavy (non-hydrogen) atoms. The molecule has 1 aromatic rings. The summed E-state index contributed by atoms with van der Waals surface area (Å²) in [4.78, 5) is 14.8. The van der Waals surface area contributed by atoms with Crippen molar-refractivity contribution in [1.82, 2.24) is 10.2 Å². The molecule has 1 N–H and O–H groups in total. The van der Waals surface area contributed by atoms with E-state index in [4.69, 9.17) is 0 Å². The van der Waals surface area contributed by atoms with Crippen molar-refractivity contribution in [3.05, 3.63) is 35.9 Å². The Labute approximate surface area is 120 Å². The maximum Gasteiger partial charge on any atom is 0.241 e. The zero-order valence-corrected chi connectivity index (χ0v) is 12.0. The van der Waals surface area contributed by atoms with E-state index in [0.717, 1.165) is 11.8 Å². The van der Waals surface area contributed by atoms with Crippen molar-refractivity contribution < 1.29 is 4.79 Å². The number of nitrogens with one attached hydrogen (secondary N) is 1. The third-order valence-corrected chi connectivity index (χ3v) is 4.96. The Kier molecular flexibility index (Phi) is 2.84. The first kappa shape index (κ1) is 12.4. The number of carbonyl (C=O) groups excluding carboxylic acids is 1. The molecule has 1 heterocycles. The van der Waals surface area contributed by atoms with Gasteiger partial charge in [-0.3, -0.25) is 10.1 Å². The molecule has 0 radical (unpaired) electrons. The molecule has 0 bridgehead atoms. The quantitative estimate of drug-likeness (QED) is 0.912. The highest BCUT2D eigenvalue weighted by atomic mass is 16.2. The minimum absolute atomic E-state index is 0.0554. The van der Waals surface area contributed by atoms with Crippen LogP contribution in [0.3, 0.4) is 0 Å². The molecule has 2 unspecified atom stereocenters. The van der Waals surface area contributed by atoms with Crippen LogP contribution >= 0.6 is 0 Å². The smallest absolute Gasteiger partial charge is 0.241 e. The molecule has 3 aliphatic rings. The number of carbonyl (C=O) groups is 1. The van der Waals surface area contributed by atoms with Crippen LogP contribution in [-0.2, 0) is 4.79 Å². The second-order valence-electron chi connectivity index (χ2n) is 6.61. The maximum absolute atomic E-state index is 12.7. The van der Waals surface area contributed by atoms with Gasteiger partial charge in [-0.25, -0.2) is 0 Å². The molecule has 1 aliphatic heterocycles. The fourth-order valence-electron chi connectivity index (χ4n) is 3.67. The summed E-state index contributed by atoms with van der Waals surface area (Å²) in [7, 11) is 0. The lowest BCUT2D eigenvalue weighted by molar-refractivity contribution is -0.133. The van der Waals surface area contributed by atoms with Gasteiger partial charge in [0.1, 0.15) is 6.17 Å². The van der Waals surface area contributed by atoms with Gasteiger partial charge in [-0.2, -0.15) is 0 Å². The van der Waals surface area contributed by atoms with Gasteiger partial charge < -0.3 is 4.90 Å². The highest BCUT2D eigenvalue weighted by Gasteiger charge is 2.51. The average Bonchev–Trinajstić information content (AvgIpc) is 3.36. The van der Waals surface area contributed by atoms with Crippen LogP contribution < -0.4 is 5.32 Å². The van der Waals surface area contributed by atoms with Crippen LogP contribution in [0.25, 0.3) is 0 Å². The number of hydrogen-bond acceptors (Lipinski definition) is 2. The van der Waals surface area contributed by atoms with E-state index in [9.17, 15) is 4.79 Å². The molecular formula is C17H22N2O. The largest absolute Gasteiger partial charge is 0.318 e. The number of hydrogen-bond donors (Lipinski definition) is 1. The van der Waals surface area contributed by atoms with E-state index in [1.807, 2.05) is 13.0 Å². The monoisotopic (exact) mass is 270 g/mol. The van der Waals surface area contributed by atoms with Gasteiger partial charge in [0.05, 0.1) is 6.04 Å². The van der Waals surface area contributed by atoms with E-state index in [1.54, 1.807) is 0 Å². The summed E-state index contributed by atoms with van der Waals surface area (Å²) in [6, 6.07) is 10.8. The predicted molar refractivity (Wildman–Crippen MR) is 77.9 cm³/mol. The van der Waals surface area contributed by atoms with E-state index in [-0.39, 0.29) is 12.2 Å². The highest BCUT2D eigenvalue weighted by Crippen LogP contribution is 2.49. The molecule has 2 atom stereocenters. The van der Waals surface area contributed by atoms with E-state index < -0.39 is 0 Å². The summed E-state index contributed by atoms with van der Waals surface area (Å²) in [5.74, 6) is 1.80. The molecule has 2 aliphatic carbocycles. The van der Waals surface area contributed by atoms with Gasteiger partial charge in [0.25, 0.3) is 0 Å².